The molecule has 0 radical (unpaired) electrons. The fraction of sp³-hybridized carbons (Fsp3) is 0.750. The minimum Gasteiger partial charge on any atom is -0.274 e. The Morgan fingerprint density at radius 3 is 2.55 bits per heavy atom. The fourth-order valence-electron chi connectivity index (χ4n) is 3.87. The maximum Gasteiger partial charge on any atom is 0.241 e. The van der Waals surface area contributed by atoms with Crippen molar-refractivity contribution in [3.63, 3.8) is 0 Å². The molecule has 1 aliphatic heterocycles. The lowest BCUT2D eigenvalue weighted by Crippen LogP contribution is -2.54. The highest BCUT2D eigenvalue weighted by Gasteiger charge is 2.53. The van der Waals surface area contributed by atoms with E-state index in [0.717, 1.165) is 56.4 Å². The van der Waals surface area contributed by atoms with Gasteiger partial charge in [-0.1, -0.05) is 44.4 Å². The number of piperidine rings is 1. The molecule has 2 fully saturated rings. The third-order valence-corrected chi connectivity index (χ3v) is 6.06. The van der Waals surface area contributed by atoms with Crippen molar-refractivity contribution in [2.24, 2.45) is 11.3 Å². The molecule has 6 heteroatoms. The van der Waals surface area contributed by atoms with Crippen molar-refractivity contribution in [2.75, 3.05) is 4.90 Å². The van der Waals surface area contributed by atoms with Gasteiger partial charge in [-0.2, -0.15) is 0 Å². The van der Waals surface area contributed by atoms with Gasteiger partial charge in [0, 0.05) is 5.92 Å². The van der Waals surface area contributed by atoms with Crippen molar-refractivity contribution < 1.29 is 9.59 Å². The second-order valence-electron chi connectivity index (χ2n) is 6.49. The number of hydrogen-bond acceptors (Lipinski definition) is 5. The largest absolute Gasteiger partial charge is 0.274 e. The zero-order valence-electron chi connectivity index (χ0n) is 13.3. The van der Waals surface area contributed by atoms with E-state index >= 15 is 0 Å². The highest BCUT2D eigenvalue weighted by atomic mass is 32.1. The van der Waals surface area contributed by atoms with Crippen LogP contribution in [0.2, 0.25) is 0 Å². The minimum atomic E-state index is -0.328. The van der Waals surface area contributed by atoms with E-state index in [9.17, 15) is 9.59 Å². The number of anilines is 1. The number of aromatic nitrogens is 2. The van der Waals surface area contributed by atoms with Crippen molar-refractivity contribution >= 4 is 28.3 Å². The van der Waals surface area contributed by atoms with Gasteiger partial charge < -0.3 is 0 Å². The molecule has 1 aliphatic carbocycles. The van der Waals surface area contributed by atoms with Crippen LogP contribution in [0.25, 0.3) is 0 Å². The molecule has 1 atom stereocenters. The monoisotopic (exact) mass is 321 g/mol. The number of carbonyl (C=O) groups excluding carboxylic acids is 2. The summed E-state index contributed by atoms with van der Waals surface area (Å²) < 4.78 is 0. The Labute approximate surface area is 135 Å². The smallest absolute Gasteiger partial charge is 0.241 e. The average Bonchev–Trinajstić information content (AvgIpc) is 3.15. The van der Waals surface area contributed by atoms with Crippen LogP contribution in [0, 0.1) is 11.3 Å². The summed E-state index contributed by atoms with van der Waals surface area (Å²) in [4.78, 5) is 27.2. The first-order chi connectivity index (χ1) is 10.6. The van der Waals surface area contributed by atoms with Crippen molar-refractivity contribution in [3.8, 4) is 0 Å². The average molecular weight is 321 g/mol. The third kappa shape index (κ3) is 2.47. The first-order valence-corrected chi connectivity index (χ1v) is 9.13. The second-order valence-corrected chi connectivity index (χ2v) is 7.53. The van der Waals surface area contributed by atoms with Gasteiger partial charge in [-0.3, -0.25) is 9.59 Å². The van der Waals surface area contributed by atoms with Gasteiger partial charge in [-0.05, 0) is 32.1 Å². The fourth-order valence-corrected chi connectivity index (χ4v) is 4.65. The molecule has 0 unspecified atom stereocenters. The molecule has 120 valence electrons. The molecule has 0 N–H and O–H groups in total. The summed E-state index contributed by atoms with van der Waals surface area (Å²) >= 11 is 1.37. The lowest BCUT2D eigenvalue weighted by atomic mass is 9.72. The van der Waals surface area contributed by atoms with E-state index in [-0.39, 0.29) is 23.1 Å². The molecule has 5 nitrogen and oxygen atoms in total. The summed E-state index contributed by atoms with van der Waals surface area (Å²) in [5.74, 6) is -0.140. The van der Waals surface area contributed by atoms with Crippen LogP contribution < -0.4 is 4.90 Å². The summed E-state index contributed by atoms with van der Waals surface area (Å²) in [6.07, 6.45) is 7.32. The Morgan fingerprint density at radius 2 is 1.95 bits per heavy atom. The van der Waals surface area contributed by atoms with E-state index in [0.29, 0.717) is 5.13 Å². The summed E-state index contributed by atoms with van der Waals surface area (Å²) in [6, 6.07) is 0. The molecule has 2 amide bonds. The molecule has 0 bridgehead atoms. The van der Waals surface area contributed by atoms with Crippen LogP contribution >= 0.6 is 11.3 Å². The number of aryl methyl sites for hydroxylation is 1. The molecule has 1 spiro atoms. The van der Waals surface area contributed by atoms with Crippen LogP contribution in [0.15, 0.2) is 0 Å². The minimum absolute atomic E-state index is 0.0267. The number of imide groups is 1. The topological polar surface area (TPSA) is 63.2 Å². The zero-order valence-corrected chi connectivity index (χ0v) is 14.1. The van der Waals surface area contributed by atoms with E-state index in [4.69, 9.17) is 0 Å². The third-order valence-electron chi connectivity index (χ3n) is 5.01. The molecule has 2 heterocycles. The van der Waals surface area contributed by atoms with Gasteiger partial charge in [-0.15, -0.1) is 10.2 Å². The van der Waals surface area contributed by atoms with E-state index in [1.165, 1.54) is 16.2 Å². The first-order valence-electron chi connectivity index (χ1n) is 8.32. The number of hydrogen-bond donors (Lipinski definition) is 0. The lowest BCUT2D eigenvalue weighted by Gasteiger charge is -2.40. The number of rotatable bonds is 4. The first kappa shape index (κ1) is 15.6. The van der Waals surface area contributed by atoms with Crippen LogP contribution in [0.5, 0.6) is 0 Å². The van der Waals surface area contributed by atoms with E-state index in [1.54, 1.807) is 0 Å². The van der Waals surface area contributed by atoms with Crippen molar-refractivity contribution in [1.29, 1.82) is 0 Å². The van der Waals surface area contributed by atoms with Gasteiger partial charge >= 0.3 is 0 Å². The lowest BCUT2D eigenvalue weighted by molar-refractivity contribution is -0.141. The van der Waals surface area contributed by atoms with Gasteiger partial charge in [-0.25, -0.2) is 4.90 Å². The van der Waals surface area contributed by atoms with Crippen molar-refractivity contribution in [3.05, 3.63) is 5.01 Å². The Morgan fingerprint density at radius 1 is 1.23 bits per heavy atom. The highest BCUT2D eigenvalue weighted by Crippen LogP contribution is 2.49. The predicted octanol–water partition coefficient (Wildman–Crippen LogP) is 3.34. The number of amides is 2. The molecule has 2 aliphatic rings. The summed E-state index contributed by atoms with van der Waals surface area (Å²) in [5.41, 5.74) is -0.328. The summed E-state index contributed by atoms with van der Waals surface area (Å²) in [6.45, 7) is 4.10. The maximum atomic E-state index is 13.1. The maximum absolute atomic E-state index is 13.1. The van der Waals surface area contributed by atoms with Gasteiger partial charge in [0.05, 0.1) is 5.41 Å². The number of nitrogens with zero attached hydrogens (tertiary/aromatic N) is 3. The Hall–Kier alpha value is -1.30. The molecular formula is C16H23N3O2S. The van der Waals surface area contributed by atoms with E-state index < -0.39 is 0 Å². The SMILES string of the molecule is CCC[C@@H]1CC2(CCCC2)C(=O)N(c2nnc(CC)s2)C1=O. The normalized spacial score (nSPS) is 24.5. The number of carbonyl (C=O) groups is 2. The van der Waals surface area contributed by atoms with Gasteiger partial charge in [0.25, 0.3) is 0 Å². The molecule has 1 saturated carbocycles. The van der Waals surface area contributed by atoms with Crippen LogP contribution in [0.4, 0.5) is 5.13 Å². The summed E-state index contributed by atoms with van der Waals surface area (Å²) in [7, 11) is 0. The Balaban J connectivity index is 1.97. The highest BCUT2D eigenvalue weighted by molar-refractivity contribution is 7.15. The molecular weight excluding hydrogens is 298 g/mol. The van der Waals surface area contributed by atoms with E-state index in [2.05, 4.69) is 17.1 Å². The Kier molecular flexibility index (Phi) is 4.30. The van der Waals surface area contributed by atoms with E-state index in [1.807, 2.05) is 6.92 Å². The van der Waals surface area contributed by atoms with Crippen molar-refractivity contribution in [1.82, 2.24) is 10.2 Å². The van der Waals surface area contributed by atoms with Crippen LogP contribution in [-0.2, 0) is 16.0 Å². The quantitative estimate of drug-likeness (QED) is 0.798. The molecule has 22 heavy (non-hydrogen) atoms. The molecule has 1 saturated heterocycles. The molecule has 0 aromatic carbocycles. The Bertz CT molecular complexity index is 578. The van der Waals surface area contributed by atoms with Crippen LogP contribution in [0.3, 0.4) is 0 Å². The second kappa shape index (κ2) is 6.07. The van der Waals surface area contributed by atoms with Crippen LogP contribution in [0.1, 0.15) is 63.8 Å². The van der Waals surface area contributed by atoms with Gasteiger partial charge in [0.1, 0.15) is 5.01 Å². The molecule has 3 rings (SSSR count). The molecule has 1 aromatic heterocycles. The van der Waals surface area contributed by atoms with Gasteiger partial charge in [0.2, 0.25) is 16.9 Å². The van der Waals surface area contributed by atoms with Crippen molar-refractivity contribution in [2.45, 2.75) is 65.2 Å². The van der Waals surface area contributed by atoms with Crippen LogP contribution in [-0.4, -0.2) is 22.0 Å². The standard InChI is InChI=1S/C16H23N3O2S/c1-3-7-11-10-16(8-5-6-9-16)14(21)19(13(11)20)15-18-17-12(4-2)22-15/h11H,3-10H2,1-2H3/t11-/m1/s1. The zero-order chi connectivity index (χ0) is 15.7. The summed E-state index contributed by atoms with van der Waals surface area (Å²) in [5, 5.41) is 9.54. The molecule has 1 aromatic rings. The van der Waals surface area contributed by atoms with Gasteiger partial charge in [0.15, 0.2) is 0 Å². The predicted molar refractivity (Wildman–Crippen MR) is 85.7 cm³/mol.